The molecule has 0 saturated carbocycles. The number of amides is 1. The molecule has 1 N–H and O–H groups in total. The third-order valence-electron chi connectivity index (χ3n) is 4.25. The summed E-state index contributed by atoms with van der Waals surface area (Å²) in [6, 6.07) is 0. The van der Waals surface area contributed by atoms with Gasteiger partial charge in [-0.25, -0.2) is 4.68 Å². The average Bonchev–Trinajstić information content (AvgIpc) is 3.18. The molecule has 1 aliphatic rings. The van der Waals surface area contributed by atoms with Gasteiger partial charge >= 0.3 is 0 Å². The minimum atomic E-state index is -0.449. The Hall–Kier alpha value is -2.29. The molecule has 9 nitrogen and oxygen atoms in total. The summed E-state index contributed by atoms with van der Waals surface area (Å²) in [5.41, 5.74) is 0.221. The predicted octanol–water partition coefficient (Wildman–Crippen LogP) is 1.33. The van der Waals surface area contributed by atoms with Gasteiger partial charge in [-0.05, 0) is 29.2 Å². The van der Waals surface area contributed by atoms with Crippen LogP contribution in [0.3, 0.4) is 0 Å². The fourth-order valence-electron chi connectivity index (χ4n) is 2.63. The highest BCUT2D eigenvalue weighted by Gasteiger charge is 2.22. The number of ether oxygens (including phenoxy) is 1. The Morgan fingerprint density at radius 2 is 2.12 bits per heavy atom. The molecule has 3 rings (SSSR count). The molecule has 9 heteroatoms. The first kappa shape index (κ1) is 17.5. The van der Waals surface area contributed by atoms with Crippen molar-refractivity contribution in [3.63, 3.8) is 0 Å². The summed E-state index contributed by atoms with van der Waals surface area (Å²) in [5, 5.41) is 19.2. The molecule has 1 fully saturated rings. The zero-order valence-corrected chi connectivity index (χ0v) is 15.0. The molecule has 1 aliphatic heterocycles. The Morgan fingerprint density at radius 1 is 1.36 bits per heavy atom. The van der Waals surface area contributed by atoms with Crippen LogP contribution in [-0.4, -0.2) is 49.1 Å². The third-order valence-corrected chi connectivity index (χ3v) is 4.25. The maximum absolute atomic E-state index is 12.0. The van der Waals surface area contributed by atoms with E-state index in [2.05, 4.69) is 25.9 Å². The molecule has 0 aliphatic carbocycles. The number of aromatic nitrogens is 6. The molecule has 3 heterocycles. The third kappa shape index (κ3) is 4.62. The number of nitrogens with one attached hydrogen (secondary N) is 1. The summed E-state index contributed by atoms with van der Waals surface area (Å²) >= 11 is 0. The predicted molar refractivity (Wildman–Crippen MR) is 90.8 cm³/mol. The quantitative estimate of drug-likeness (QED) is 0.876. The zero-order valence-electron chi connectivity index (χ0n) is 15.0. The first-order valence-corrected chi connectivity index (χ1v) is 8.58. The number of carbonyl (C=O) groups is 1. The Kier molecular flexibility index (Phi) is 5.12. The number of anilines is 1. The van der Waals surface area contributed by atoms with Gasteiger partial charge in [0.25, 0.3) is 0 Å². The summed E-state index contributed by atoms with van der Waals surface area (Å²) in [7, 11) is 0. The van der Waals surface area contributed by atoms with E-state index in [9.17, 15) is 4.79 Å². The summed E-state index contributed by atoms with van der Waals surface area (Å²) in [6.07, 6.45) is 5.49. The van der Waals surface area contributed by atoms with Crippen LogP contribution in [0, 0.1) is 11.3 Å². The maximum atomic E-state index is 12.0. The molecule has 1 amide bonds. The van der Waals surface area contributed by atoms with Crippen LogP contribution < -0.4 is 5.32 Å². The first-order valence-electron chi connectivity index (χ1n) is 8.58. The molecular weight excluding hydrogens is 322 g/mol. The minimum Gasteiger partial charge on any atom is -0.381 e. The topological polar surface area (TPSA) is 99.8 Å². The van der Waals surface area contributed by atoms with Gasteiger partial charge in [0, 0.05) is 31.4 Å². The maximum Gasteiger partial charge on any atom is 0.229 e. The highest BCUT2D eigenvalue weighted by atomic mass is 16.5. The molecule has 0 atom stereocenters. The van der Waals surface area contributed by atoms with Gasteiger partial charge in [0.15, 0.2) is 5.82 Å². The molecule has 25 heavy (non-hydrogen) atoms. The lowest BCUT2D eigenvalue weighted by molar-refractivity contribution is -0.123. The Morgan fingerprint density at radius 3 is 2.84 bits per heavy atom. The zero-order chi connectivity index (χ0) is 17.9. The van der Waals surface area contributed by atoms with Crippen molar-refractivity contribution in [3.05, 3.63) is 18.2 Å². The van der Waals surface area contributed by atoms with E-state index in [0.29, 0.717) is 18.2 Å². The average molecular weight is 347 g/mol. The van der Waals surface area contributed by atoms with Crippen molar-refractivity contribution >= 4 is 11.6 Å². The van der Waals surface area contributed by atoms with E-state index in [1.54, 1.807) is 17.1 Å². The van der Waals surface area contributed by atoms with Crippen LogP contribution in [-0.2, 0) is 22.6 Å². The van der Waals surface area contributed by atoms with Gasteiger partial charge in [-0.1, -0.05) is 20.8 Å². The summed E-state index contributed by atoms with van der Waals surface area (Å²) in [4.78, 5) is 12.0. The van der Waals surface area contributed by atoms with E-state index in [1.807, 2.05) is 25.5 Å². The van der Waals surface area contributed by atoms with Gasteiger partial charge in [0.2, 0.25) is 5.91 Å². The van der Waals surface area contributed by atoms with Crippen LogP contribution in [0.2, 0.25) is 0 Å². The second-order valence-electron chi connectivity index (χ2n) is 7.46. The molecule has 2 aromatic heterocycles. The van der Waals surface area contributed by atoms with Crippen LogP contribution in [0.1, 0.15) is 39.4 Å². The fraction of sp³-hybridized carbons (Fsp3) is 0.688. The molecule has 2 aromatic rings. The minimum absolute atomic E-state index is 0.0450. The lowest BCUT2D eigenvalue weighted by Crippen LogP contribution is -2.27. The fourth-order valence-corrected chi connectivity index (χ4v) is 2.63. The Labute approximate surface area is 146 Å². The molecule has 0 radical (unpaired) electrons. The van der Waals surface area contributed by atoms with Crippen molar-refractivity contribution < 1.29 is 9.53 Å². The summed E-state index contributed by atoms with van der Waals surface area (Å²) in [5.74, 6) is 1.25. The van der Waals surface area contributed by atoms with Gasteiger partial charge in [0.05, 0.1) is 11.9 Å². The second-order valence-corrected chi connectivity index (χ2v) is 7.46. The van der Waals surface area contributed by atoms with Gasteiger partial charge < -0.3 is 10.1 Å². The van der Waals surface area contributed by atoms with Crippen LogP contribution in [0.4, 0.5) is 5.69 Å². The van der Waals surface area contributed by atoms with Crippen molar-refractivity contribution in [2.75, 3.05) is 18.5 Å². The highest BCUT2D eigenvalue weighted by Crippen LogP contribution is 2.18. The van der Waals surface area contributed by atoms with E-state index in [1.165, 1.54) is 0 Å². The lowest BCUT2D eigenvalue weighted by atomic mass is 9.96. The first-order chi connectivity index (χ1) is 11.9. The van der Waals surface area contributed by atoms with Crippen LogP contribution in [0.25, 0.3) is 0 Å². The van der Waals surface area contributed by atoms with Crippen molar-refractivity contribution in [2.45, 2.75) is 46.7 Å². The molecule has 1 saturated heterocycles. The molecule has 0 aromatic carbocycles. The Bertz CT molecular complexity index is 710. The van der Waals surface area contributed by atoms with E-state index in [0.717, 1.165) is 38.4 Å². The number of tetrazole rings is 1. The molecule has 136 valence electrons. The standard InChI is InChI=1S/C16H25N7O2/c1-16(2,3)15(24)18-13-8-17-22(10-13)11-14-19-20-21-23(14)9-12-4-6-25-7-5-12/h8,10,12H,4-7,9,11H2,1-3H3,(H,18,24). The van der Waals surface area contributed by atoms with Gasteiger partial charge in [-0.15, -0.1) is 5.10 Å². The normalized spacial score (nSPS) is 16.1. The molecular formula is C16H25N7O2. The lowest BCUT2D eigenvalue weighted by Gasteiger charge is -2.21. The van der Waals surface area contributed by atoms with Crippen molar-refractivity contribution in [1.29, 1.82) is 0 Å². The summed E-state index contributed by atoms with van der Waals surface area (Å²) in [6.45, 7) is 8.48. The smallest absolute Gasteiger partial charge is 0.229 e. The monoisotopic (exact) mass is 347 g/mol. The van der Waals surface area contributed by atoms with Crippen molar-refractivity contribution in [3.8, 4) is 0 Å². The van der Waals surface area contributed by atoms with E-state index < -0.39 is 5.41 Å². The number of hydrogen-bond donors (Lipinski definition) is 1. The van der Waals surface area contributed by atoms with Gasteiger partial charge in [0.1, 0.15) is 6.54 Å². The Balaban J connectivity index is 1.62. The number of nitrogens with zero attached hydrogens (tertiary/aromatic N) is 6. The second kappa shape index (κ2) is 7.30. The van der Waals surface area contributed by atoms with E-state index in [4.69, 9.17) is 4.74 Å². The van der Waals surface area contributed by atoms with Gasteiger partial charge in [-0.3, -0.25) is 9.48 Å². The van der Waals surface area contributed by atoms with Crippen molar-refractivity contribution in [1.82, 2.24) is 30.0 Å². The number of carbonyl (C=O) groups excluding carboxylic acids is 1. The van der Waals surface area contributed by atoms with E-state index >= 15 is 0 Å². The largest absolute Gasteiger partial charge is 0.381 e. The highest BCUT2D eigenvalue weighted by molar-refractivity contribution is 5.94. The number of hydrogen-bond acceptors (Lipinski definition) is 6. The van der Waals surface area contributed by atoms with Crippen molar-refractivity contribution in [2.24, 2.45) is 11.3 Å². The van der Waals surface area contributed by atoms with Gasteiger partial charge in [-0.2, -0.15) is 5.10 Å². The SMILES string of the molecule is CC(C)(C)C(=O)Nc1cnn(Cc2nnnn2CC2CCOCC2)c1. The van der Waals surface area contributed by atoms with Crippen LogP contribution >= 0.6 is 0 Å². The summed E-state index contributed by atoms with van der Waals surface area (Å²) < 4.78 is 8.96. The van der Waals surface area contributed by atoms with E-state index in [-0.39, 0.29) is 5.91 Å². The van der Waals surface area contributed by atoms with Crippen LogP contribution in [0.15, 0.2) is 12.4 Å². The number of rotatable bonds is 5. The molecule has 0 unspecified atom stereocenters. The molecule has 0 spiro atoms. The van der Waals surface area contributed by atoms with Crippen LogP contribution in [0.5, 0.6) is 0 Å². The molecule has 0 bridgehead atoms.